The van der Waals surface area contributed by atoms with E-state index in [0.29, 0.717) is 25.1 Å². The van der Waals surface area contributed by atoms with Crippen molar-refractivity contribution in [3.05, 3.63) is 29.6 Å². The van der Waals surface area contributed by atoms with Gasteiger partial charge in [0.1, 0.15) is 5.69 Å². The Labute approximate surface area is 109 Å². The van der Waals surface area contributed by atoms with Crippen LogP contribution in [0.15, 0.2) is 18.3 Å². The van der Waals surface area contributed by atoms with Crippen molar-refractivity contribution in [1.82, 2.24) is 9.88 Å². The fourth-order valence-corrected chi connectivity index (χ4v) is 2.01. The number of likely N-dealkylation sites (tertiary alicyclic amines) is 1. The van der Waals surface area contributed by atoms with Crippen molar-refractivity contribution in [2.75, 3.05) is 13.1 Å². The molecule has 1 aromatic heterocycles. The highest BCUT2D eigenvalue weighted by molar-refractivity contribution is 5.95. The van der Waals surface area contributed by atoms with Crippen LogP contribution < -0.4 is 5.73 Å². The SMILES string of the molecule is NC(=O)C1CCN(C(=O)c2ccc(C(=O)O)nc2)C1. The zero-order chi connectivity index (χ0) is 14.0. The molecule has 1 saturated heterocycles. The third-order valence-electron chi connectivity index (χ3n) is 3.11. The first-order chi connectivity index (χ1) is 8.99. The quantitative estimate of drug-likeness (QED) is 0.779. The van der Waals surface area contributed by atoms with Crippen molar-refractivity contribution >= 4 is 17.8 Å². The molecule has 1 aliphatic rings. The molecule has 7 nitrogen and oxygen atoms in total. The van der Waals surface area contributed by atoms with Gasteiger partial charge in [0.05, 0.1) is 11.5 Å². The van der Waals surface area contributed by atoms with Gasteiger partial charge in [-0.25, -0.2) is 9.78 Å². The molecule has 19 heavy (non-hydrogen) atoms. The molecule has 0 bridgehead atoms. The number of amides is 2. The molecule has 2 heterocycles. The largest absolute Gasteiger partial charge is 0.477 e. The molecule has 0 radical (unpaired) electrons. The van der Waals surface area contributed by atoms with Gasteiger partial charge in [-0.1, -0.05) is 0 Å². The lowest BCUT2D eigenvalue weighted by molar-refractivity contribution is -0.121. The number of hydrogen-bond acceptors (Lipinski definition) is 4. The van der Waals surface area contributed by atoms with E-state index in [4.69, 9.17) is 10.8 Å². The summed E-state index contributed by atoms with van der Waals surface area (Å²) in [4.78, 5) is 39.0. The minimum absolute atomic E-state index is 0.118. The topological polar surface area (TPSA) is 114 Å². The van der Waals surface area contributed by atoms with Crippen LogP contribution in [-0.4, -0.2) is 45.9 Å². The van der Waals surface area contributed by atoms with Gasteiger partial charge in [0, 0.05) is 19.3 Å². The van der Waals surface area contributed by atoms with Crippen LogP contribution in [0.4, 0.5) is 0 Å². The van der Waals surface area contributed by atoms with E-state index in [9.17, 15) is 14.4 Å². The van der Waals surface area contributed by atoms with Crippen LogP contribution in [0.5, 0.6) is 0 Å². The Bertz CT molecular complexity index is 526. The lowest BCUT2D eigenvalue weighted by Crippen LogP contribution is -2.31. The van der Waals surface area contributed by atoms with E-state index in [1.807, 2.05) is 0 Å². The highest BCUT2D eigenvalue weighted by Gasteiger charge is 2.30. The first kappa shape index (κ1) is 13.0. The minimum Gasteiger partial charge on any atom is -0.477 e. The van der Waals surface area contributed by atoms with E-state index in [1.165, 1.54) is 23.2 Å². The van der Waals surface area contributed by atoms with Gasteiger partial charge in [-0.2, -0.15) is 0 Å². The fourth-order valence-electron chi connectivity index (χ4n) is 2.01. The zero-order valence-corrected chi connectivity index (χ0v) is 10.1. The first-order valence-corrected chi connectivity index (χ1v) is 5.77. The highest BCUT2D eigenvalue weighted by Crippen LogP contribution is 2.18. The summed E-state index contributed by atoms with van der Waals surface area (Å²) in [5.41, 5.74) is 5.38. The molecule has 2 amide bonds. The van der Waals surface area contributed by atoms with Crippen LogP contribution in [0.3, 0.4) is 0 Å². The number of pyridine rings is 1. The summed E-state index contributed by atoms with van der Waals surface area (Å²) >= 11 is 0. The summed E-state index contributed by atoms with van der Waals surface area (Å²) in [6.07, 6.45) is 1.78. The van der Waals surface area contributed by atoms with Crippen LogP contribution in [0, 0.1) is 5.92 Å². The van der Waals surface area contributed by atoms with Crippen molar-refractivity contribution in [1.29, 1.82) is 0 Å². The smallest absolute Gasteiger partial charge is 0.354 e. The maximum absolute atomic E-state index is 12.1. The maximum atomic E-state index is 12.1. The maximum Gasteiger partial charge on any atom is 0.354 e. The summed E-state index contributed by atoms with van der Waals surface area (Å²) in [5, 5.41) is 8.71. The Morgan fingerprint density at radius 2 is 2.11 bits per heavy atom. The molecule has 1 aliphatic heterocycles. The number of nitrogens with two attached hydrogens (primary N) is 1. The minimum atomic E-state index is -1.14. The number of aromatic carboxylic acids is 1. The van der Waals surface area contributed by atoms with E-state index < -0.39 is 11.9 Å². The average Bonchev–Trinajstić information content (AvgIpc) is 2.87. The molecule has 0 spiro atoms. The number of hydrogen-bond donors (Lipinski definition) is 2. The van der Waals surface area contributed by atoms with Gasteiger partial charge in [0.25, 0.3) is 5.91 Å². The van der Waals surface area contributed by atoms with E-state index in [1.54, 1.807) is 0 Å². The van der Waals surface area contributed by atoms with E-state index in [0.717, 1.165) is 0 Å². The Balaban J connectivity index is 2.08. The van der Waals surface area contributed by atoms with Crippen molar-refractivity contribution in [3.63, 3.8) is 0 Å². The molecule has 3 N–H and O–H groups in total. The fraction of sp³-hybridized carbons (Fsp3) is 0.333. The van der Waals surface area contributed by atoms with E-state index >= 15 is 0 Å². The number of carboxylic acid groups (broad SMARTS) is 1. The van der Waals surface area contributed by atoms with Crippen molar-refractivity contribution in [2.45, 2.75) is 6.42 Å². The Morgan fingerprint density at radius 3 is 2.58 bits per heavy atom. The van der Waals surface area contributed by atoms with Crippen LogP contribution in [0.2, 0.25) is 0 Å². The molecule has 7 heteroatoms. The number of aromatic nitrogens is 1. The first-order valence-electron chi connectivity index (χ1n) is 5.77. The lowest BCUT2D eigenvalue weighted by Gasteiger charge is -2.15. The summed E-state index contributed by atoms with van der Waals surface area (Å²) in [6, 6.07) is 2.69. The van der Waals surface area contributed by atoms with Gasteiger partial charge in [0.2, 0.25) is 5.91 Å². The molecule has 0 aromatic carbocycles. The summed E-state index contributed by atoms with van der Waals surface area (Å²) in [7, 11) is 0. The van der Waals surface area contributed by atoms with Gasteiger partial charge < -0.3 is 15.7 Å². The average molecular weight is 263 g/mol. The van der Waals surface area contributed by atoms with Crippen LogP contribution >= 0.6 is 0 Å². The monoisotopic (exact) mass is 263 g/mol. The normalized spacial score (nSPS) is 18.3. The third-order valence-corrected chi connectivity index (χ3v) is 3.11. The van der Waals surface area contributed by atoms with Crippen molar-refractivity contribution < 1.29 is 19.5 Å². The molecule has 1 atom stereocenters. The lowest BCUT2D eigenvalue weighted by atomic mass is 10.1. The Hall–Kier alpha value is -2.44. The number of primary amides is 1. The molecule has 1 fully saturated rings. The number of rotatable bonds is 3. The number of nitrogens with zero attached hydrogens (tertiary/aromatic N) is 2. The standard InChI is InChI=1S/C12H13N3O4/c13-10(16)8-3-4-15(6-8)11(17)7-1-2-9(12(18)19)14-5-7/h1-2,5,8H,3-4,6H2,(H2,13,16)(H,18,19). The molecule has 1 aromatic rings. The predicted octanol–water partition coefficient (Wildman–Crippen LogP) is -0.273. The van der Waals surface area contributed by atoms with Crippen molar-refractivity contribution in [3.8, 4) is 0 Å². The molecule has 0 aliphatic carbocycles. The van der Waals surface area contributed by atoms with Gasteiger partial charge in [-0.3, -0.25) is 9.59 Å². The van der Waals surface area contributed by atoms with Crippen molar-refractivity contribution in [2.24, 2.45) is 11.7 Å². The van der Waals surface area contributed by atoms with Gasteiger partial charge in [0.15, 0.2) is 0 Å². The molecule has 1 unspecified atom stereocenters. The second-order valence-electron chi connectivity index (χ2n) is 4.38. The number of carbonyl (C=O) groups is 3. The summed E-state index contributed by atoms with van der Waals surface area (Å²) in [5.74, 6) is -2.13. The number of carboxylic acids is 1. The Morgan fingerprint density at radius 1 is 1.37 bits per heavy atom. The molecule has 2 rings (SSSR count). The van der Waals surface area contributed by atoms with Crippen LogP contribution in [0.25, 0.3) is 0 Å². The predicted molar refractivity (Wildman–Crippen MR) is 64.4 cm³/mol. The molecule has 0 saturated carbocycles. The molecular weight excluding hydrogens is 250 g/mol. The van der Waals surface area contributed by atoms with Crippen LogP contribution in [-0.2, 0) is 4.79 Å². The molecular formula is C12H13N3O4. The zero-order valence-electron chi connectivity index (χ0n) is 10.1. The second kappa shape index (κ2) is 5.05. The van der Waals surface area contributed by atoms with E-state index in [-0.39, 0.29) is 17.5 Å². The third kappa shape index (κ3) is 2.70. The second-order valence-corrected chi connectivity index (χ2v) is 4.38. The van der Waals surface area contributed by atoms with Gasteiger partial charge >= 0.3 is 5.97 Å². The molecule has 100 valence electrons. The van der Waals surface area contributed by atoms with Gasteiger partial charge in [-0.15, -0.1) is 0 Å². The number of carbonyl (C=O) groups excluding carboxylic acids is 2. The van der Waals surface area contributed by atoms with Crippen LogP contribution in [0.1, 0.15) is 27.3 Å². The summed E-state index contributed by atoms with van der Waals surface area (Å²) in [6.45, 7) is 0.766. The Kier molecular flexibility index (Phi) is 3.46. The van der Waals surface area contributed by atoms with Gasteiger partial charge in [-0.05, 0) is 18.6 Å². The summed E-state index contributed by atoms with van der Waals surface area (Å²) < 4.78 is 0. The van der Waals surface area contributed by atoms with E-state index in [2.05, 4.69) is 4.98 Å². The highest BCUT2D eigenvalue weighted by atomic mass is 16.4.